The summed E-state index contributed by atoms with van der Waals surface area (Å²) in [6, 6.07) is 7.84. The molecule has 1 aliphatic carbocycles. The summed E-state index contributed by atoms with van der Waals surface area (Å²) in [6.07, 6.45) is 4.00. The van der Waals surface area contributed by atoms with Crippen molar-refractivity contribution in [1.82, 2.24) is 9.80 Å². The summed E-state index contributed by atoms with van der Waals surface area (Å²) in [5, 5.41) is 0. The van der Waals surface area contributed by atoms with Crippen LogP contribution in [0.25, 0.3) is 0 Å². The fourth-order valence-corrected chi connectivity index (χ4v) is 3.21. The molecule has 1 saturated heterocycles. The molecule has 2 amide bonds. The average molecular weight is 330 g/mol. The van der Waals surface area contributed by atoms with E-state index in [9.17, 15) is 9.59 Å². The Kier molecular flexibility index (Phi) is 5.07. The number of amides is 2. The summed E-state index contributed by atoms with van der Waals surface area (Å²) >= 11 is 0. The summed E-state index contributed by atoms with van der Waals surface area (Å²) < 4.78 is 5.69. The van der Waals surface area contributed by atoms with Gasteiger partial charge in [-0.15, -0.1) is 0 Å². The van der Waals surface area contributed by atoms with Crippen LogP contribution in [0.1, 0.15) is 44.7 Å². The fourth-order valence-electron chi connectivity index (χ4n) is 3.21. The maximum Gasteiger partial charge on any atom is 0.223 e. The number of ether oxygens (including phenoxy) is 1. The van der Waals surface area contributed by atoms with Gasteiger partial charge in [-0.05, 0) is 50.3 Å². The second-order valence-corrected chi connectivity index (χ2v) is 7.09. The molecule has 1 aromatic rings. The van der Waals surface area contributed by atoms with Crippen molar-refractivity contribution in [2.75, 3.05) is 19.6 Å². The summed E-state index contributed by atoms with van der Waals surface area (Å²) in [4.78, 5) is 27.5. The topological polar surface area (TPSA) is 49.9 Å². The first-order valence-electron chi connectivity index (χ1n) is 8.82. The zero-order valence-corrected chi connectivity index (χ0v) is 14.5. The van der Waals surface area contributed by atoms with Crippen LogP contribution < -0.4 is 4.74 Å². The zero-order chi connectivity index (χ0) is 17.1. The molecule has 130 valence electrons. The van der Waals surface area contributed by atoms with Gasteiger partial charge >= 0.3 is 0 Å². The van der Waals surface area contributed by atoms with E-state index in [-0.39, 0.29) is 18.1 Å². The van der Waals surface area contributed by atoms with Crippen LogP contribution in [0.4, 0.5) is 0 Å². The molecule has 1 atom stereocenters. The quantitative estimate of drug-likeness (QED) is 0.754. The van der Waals surface area contributed by atoms with Crippen LogP contribution in [0.15, 0.2) is 24.3 Å². The fraction of sp³-hybridized carbons (Fsp3) is 0.579. The molecule has 0 bridgehead atoms. The van der Waals surface area contributed by atoms with Gasteiger partial charge in [0.25, 0.3) is 0 Å². The summed E-state index contributed by atoms with van der Waals surface area (Å²) in [7, 11) is 0. The maximum absolute atomic E-state index is 12.6. The van der Waals surface area contributed by atoms with Gasteiger partial charge < -0.3 is 14.5 Å². The predicted octanol–water partition coefficient (Wildman–Crippen LogP) is 2.62. The Balaban J connectivity index is 1.76. The van der Waals surface area contributed by atoms with Crippen molar-refractivity contribution in [2.24, 2.45) is 5.92 Å². The molecule has 1 heterocycles. The van der Waals surface area contributed by atoms with E-state index < -0.39 is 0 Å². The third-order valence-corrected chi connectivity index (χ3v) is 4.68. The lowest BCUT2D eigenvalue weighted by molar-refractivity contribution is -0.139. The number of carbonyl (C=O) groups excluding carboxylic acids is 2. The molecule has 5 nitrogen and oxygen atoms in total. The lowest BCUT2D eigenvalue weighted by Gasteiger charge is -2.40. The highest BCUT2D eigenvalue weighted by Gasteiger charge is 2.34. The van der Waals surface area contributed by atoms with Crippen LogP contribution >= 0.6 is 0 Å². The Hall–Kier alpha value is -2.04. The third kappa shape index (κ3) is 4.08. The van der Waals surface area contributed by atoms with Gasteiger partial charge in [-0.25, -0.2) is 0 Å². The van der Waals surface area contributed by atoms with Gasteiger partial charge in [0.05, 0.1) is 12.1 Å². The van der Waals surface area contributed by atoms with Crippen LogP contribution in [0.2, 0.25) is 0 Å². The molecular formula is C19H26N2O3. The van der Waals surface area contributed by atoms with Crippen molar-refractivity contribution < 1.29 is 14.3 Å². The Labute approximate surface area is 143 Å². The summed E-state index contributed by atoms with van der Waals surface area (Å²) in [5.41, 5.74) is 1.06. The van der Waals surface area contributed by atoms with E-state index in [1.54, 1.807) is 4.90 Å². The monoisotopic (exact) mass is 330 g/mol. The number of carbonyl (C=O) groups is 2. The highest BCUT2D eigenvalue weighted by molar-refractivity contribution is 5.77. The highest BCUT2D eigenvalue weighted by Crippen LogP contribution is 2.35. The Morgan fingerprint density at radius 2 is 1.96 bits per heavy atom. The molecular weight excluding hydrogens is 304 g/mol. The number of rotatable bonds is 6. The first-order valence-corrected chi connectivity index (χ1v) is 8.82. The van der Waals surface area contributed by atoms with E-state index in [2.05, 4.69) is 0 Å². The molecule has 24 heavy (non-hydrogen) atoms. The molecule has 2 aliphatic rings. The molecule has 0 unspecified atom stereocenters. The minimum Gasteiger partial charge on any atom is -0.491 e. The van der Waals surface area contributed by atoms with E-state index in [4.69, 9.17) is 4.74 Å². The van der Waals surface area contributed by atoms with Gasteiger partial charge in [-0.2, -0.15) is 0 Å². The molecule has 1 aromatic carbocycles. The molecule has 0 radical (unpaired) electrons. The largest absolute Gasteiger partial charge is 0.491 e. The smallest absolute Gasteiger partial charge is 0.223 e. The molecule has 3 rings (SSSR count). The van der Waals surface area contributed by atoms with Crippen LogP contribution in [-0.4, -0.2) is 47.9 Å². The number of piperazine rings is 1. The van der Waals surface area contributed by atoms with E-state index in [1.807, 2.05) is 43.0 Å². The average Bonchev–Trinajstić information content (AvgIpc) is 3.38. The predicted molar refractivity (Wildman–Crippen MR) is 91.6 cm³/mol. The van der Waals surface area contributed by atoms with Crippen molar-refractivity contribution in [3.05, 3.63) is 29.8 Å². The maximum atomic E-state index is 12.6. The van der Waals surface area contributed by atoms with E-state index >= 15 is 0 Å². The van der Waals surface area contributed by atoms with Crippen LogP contribution in [0.5, 0.6) is 5.75 Å². The Morgan fingerprint density at radius 1 is 1.25 bits per heavy atom. The van der Waals surface area contributed by atoms with Gasteiger partial charge in [0, 0.05) is 26.1 Å². The number of nitrogens with zero attached hydrogens (tertiary/aromatic N) is 2. The summed E-state index contributed by atoms with van der Waals surface area (Å²) in [6.45, 7) is 5.78. The Bertz CT molecular complexity index is 581. The minimum atomic E-state index is -0.0664. The van der Waals surface area contributed by atoms with Gasteiger partial charge in [0.15, 0.2) is 0 Å². The molecule has 0 N–H and O–H groups in total. The molecule has 0 spiro atoms. The zero-order valence-electron chi connectivity index (χ0n) is 14.5. The van der Waals surface area contributed by atoms with Crippen LogP contribution in [-0.2, 0) is 9.59 Å². The summed E-state index contributed by atoms with van der Waals surface area (Å²) in [5.74, 6) is 1.62. The Morgan fingerprint density at radius 3 is 2.54 bits per heavy atom. The van der Waals surface area contributed by atoms with E-state index in [1.165, 1.54) is 12.8 Å². The second kappa shape index (κ2) is 7.24. The van der Waals surface area contributed by atoms with Crippen molar-refractivity contribution in [1.29, 1.82) is 0 Å². The lowest BCUT2D eigenvalue weighted by Crippen LogP contribution is -2.50. The molecule has 0 aromatic heterocycles. The first kappa shape index (κ1) is 16.8. The van der Waals surface area contributed by atoms with Crippen LogP contribution in [0, 0.1) is 5.92 Å². The SMILES string of the molecule is CC(C)Oc1ccc([C@H]2CN(C=O)CCN2C(=O)CC2CC2)cc1. The molecule has 5 heteroatoms. The standard InChI is InChI=1S/C19H26N2O3/c1-14(2)24-17-7-5-16(6-8-17)18-12-20(13-22)9-10-21(18)19(23)11-15-3-4-15/h5-8,13-15,18H,3-4,9-12H2,1-2H3/t18-/m1/s1. The van der Waals surface area contributed by atoms with Crippen molar-refractivity contribution in [3.63, 3.8) is 0 Å². The normalized spacial score (nSPS) is 21.0. The van der Waals surface area contributed by atoms with Gasteiger partial charge in [0.1, 0.15) is 5.75 Å². The van der Waals surface area contributed by atoms with Crippen LogP contribution in [0.3, 0.4) is 0 Å². The second-order valence-electron chi connectivity index (χ2n) is 7.09. The van der Waals surface area contributed by atoms with E-state index in [0.717, 1.165) is 17.7 Å². The van der Waals surface area contributed by atoms with Crippen molar-refractivity contribution >= 4 is 12.3 Å². The number of hydrogen-bond donors (Lipinski definition) is 0. The minimum absolute atomic E-state index is 0.0664. The molecule has 1 saturated carbocycles. The highest BCUT2D eigenvalue weighted by atomic mass is 16.5. The van der Waals surface area contributed by atoms with Crippen molar-refractivity contribution in [2.45, 2.75) is 45.3 Å². The van der Waals surface area contributed by atoms with Crippen molar-refractivity contribution in [3.8, 4) is 5.75 Å². The molecule has 2 fully saturated rings. The third-order valence-electron chi connectivity index (χ3n) is 4.68. The van der Waals surface area contributed by atoms with Gasteiger partial charge in [0.2, 0.25) is 12.3 Å². The van der Waals surface area contributed by atoms with E-state index in [0.29, 0.717) is 32.0 Å². The lowest BCUT2D eigenvalue weighted by atomic mass is 10.0. The number of hydrogen-bond acceptors (Lipinski definition) is 3. The molecule has 1 aliphatic heterocycles. The van der Waals surface area contributed by atoms with Gasteiger partial charge in [-0.3, -0.25) is 9.59 Å². The first-order chi connectivity index (χ1) is 11.6. The van der Waals surface area contributed by atoms with Gasteiger partial charge in [-0.1, -0.05) is 12.1 Å². The number of benzene rings is 1.